The van der Waals surface area contributed by atoms with Crippen molar-refractivity contribution in [3.05, 3.63) is 194 Å². The molecule has 0 heterocycles. The van der Waals surface area contributed by atoms with E-state index < -0.39 is 0 Å². The minimum Gasteiger partial charge on any atom is -0.0616 e. The molecule has 0 spiro atoms. The van der Waals surface area contributed by atoms with E-state index in [9.17, 15) is 0 Å². The summed E-state index contributed by atoms with van der Waals surface area (Å²) in [5.74, 6) is 0. The summed E-state index contributed by atoms with van der Waals surface area (Å²) in [7, 11) is 0. The van der Waals surface area contributed by atoms with E-state index >= 15 is 0 Å². The quantitative estimate of drug-likeness (QED) is 0.0737. The van der Waals surface area contributed by atoms with Crippen molar-refractivity contribution < 1.29 is 0 Å². The smallest absolute Gasteiger partial charge is 0.0616 e. The van der Waals surface area contributed by atoms with E-state index in [1.165, 1.54) is 130 Å². The van der Waals surface area contributed by atoms with Gasteiger partial charge in [0.1, 0.15) is 0 Å². The van der Waals surface area contributed by atoms with Crippen LogP contribution in [0.3, 0.4) is 0 Å². The van der Waals surface area contributed by atoms with Gasteiger partial charge in [-0.05, 0) is 123 Å². The lowest BCUT2D eigenvalue weighted by molar-refractivity contribution is 1.53. The van der Waals surface area contributed by atoms with Gasteiger partial charge in [-0.1, -0.05) is 158 Å². The molecule has 0 fully saturated rings. The van der Waals surface area contributed by atoms with Crippen LogP contribution in [0, 0.1) is 0 Å². The monoisotopic (exact) mass is 713 g/mol. The first-order valence-corrected chi connectivity index (χ1v) is 19.9. The molecule has 0 radical (unpaired) electrons. The standard InChI is InChI=1S/C54H32S/c1-2-13-37-32-38(27-24-33(37)12-1)50-39-16-3-5-18-41(39)52(42-19-6-4-17-40(42)50)53-43-20-7-9-22-45(43)54(46-23-10-8-21-44(46)53)55-48-31-29-36-26-25-34-14-11-15-35-28-30-47(48)51(36)49(34)35/h1-32H/p+1. The fraction of sp³-hybridized carbons (Fsp3) is 0. The molecule has 0 N–H and O–H groups in total. The molecule has 0 saturated heterocycles. The van der Waals surface area contributed by atoms with Gasteiger partial charge in [0, 0.05) is 33.3 Å². The first-order chi connectivity index (χ1) is 27.3. The van der Waals surface area contributed by atoms with E-state index in [1.54, 1.807) is 0 Å². The summed E-state index contributed by atoms with van der Waals surface area (Å²) < 4.78 is 0. The van der Waals surface area contributed by atoms with Crippen LogP contribution in [-0.2, 0) is 11.8 Å². The average Bonchev–Trinajstić information content (AvgIpc) is 3.25. The number of fused-ring (bicyclic) bond motifs is 5. The molecule has 12 rings (SSSR count). The summed E-state index contributed by atoms with van der Waals surface area (Å²) in [6.45, 7) is 0. The molecule has 12 aromatic carbocycles. The van der Waals surface area contributed by atoms with Gasteiger partial charge in [-0.2, -0.15) is 0 Å². The summed E-state index contributed by atoms with van der Waals surface area (Å²) in [6, 6.07) is 72.5. The molecule has 0 unspecified atom stereocenters. The van der Waals surface area contributed by atoms with Crippen LogP contribution in [0.5, 0.6) is 0 Å². The van der Waals surface area contributed by atoms with E-state index in [1.807, 2.05) is 0 Å². The third-order valence-corrected chi connectivity index (χ3v) is 13.2. The highest BCUT2D eigenvalue weighted by Gasteiger charge is 2.26. The van der Waals surface area contributed by atoms with Crippen LogP contribution in [0.25, 0.3) is 108 Å². The lowest BCUT2D eigenvalue weighted by Gasteiger charge is -2.21. The molecule has 0 saturated carbocycles. The van der Waals surface area contributed by atoms with Gasteiger partial charge in [0.05, 0.1) is 0 Å². The Morgan fingerprint density at radius 2 is 0.673 bits per heavy atom. The van der Waals surface area contributed by atoms with Crippen molar-refractivity contribution in [2.45, 2.75) is 9.79 Å². The molecule has 55 heavy (non-hydrogen) atoms. The summed E-state index contributed by atoms with van der Waals surface area (Å²) in [6.07, 6.45) is 0. The second kappa shape index (κ2) is 11.9. The minimum absolute atomic E-state index is 1.20. The van der Waals surface area contributed by atoms with Crippen LogP contribution in [0.2, 0.25) is 0 Å². The van der Waals surface area contributed by atoms with Crippen molar-refractivity contribution in [2.75, 3.05) is 0 Å². The van der Waals surface area contributed by atoms with E-state index in [-0.39, 0.29) is 0 Å². The van der Waals surface area contributed by atoms with Crippen LogP contribution in [0.1, 0.15) is 0 Å². The van der Waals surface area contributed by atoms with Crippen molar-refractivity contribution in [1.29, 1.82) is 0 Å². The van der Waals surface area contributed by atoms with Gasteiger partial charge in [-0.3, -0.25) is 0 Å². The number of rotatable bonds is 4. The Morgan fingerprint density at radius 1 is 0.255 bits per heavy atom. The highest BCUT2D eigenvalue weighted by atomic mass is 32.2. The maximum atomic E-state index is 2.36. The number of hydrogen-bond acceptors (Lipinski definition) is 0. The van der Waals surface area contributed by atoms with Gasteiger partial charge in [0.2, 0.25) is 0 Å². The lowest BCUT2D eigenvalue weighted by Crippen LogP contribution is -1.97. The molecule has 0 aromatic heterocycles. The third kappa shape index (κ3) is 4.54. The highest BCUT2D eigenvalue weighted by molar-refractivity contribution is 7.79. The van der Waals surface area contributed by atoms with Crippen LogP contribution in [0.4, 0.5) is 0 Å². The van der Waals surface area contributed by atoms with Gasteiger partial charge in [-0.15, -0.1) is 0 Å². The van der Waals surface area contributed by atoms with Crippen LogP contribution >= 0.6 is 0 Å². The number of hydrogen-bond donors (Lipinski definition) is 0. The zero-order chi connectivity index (χ0) is 36.0. The van der Waals surface area contributed by atoms with Crippen LogP contribution in [0.15, 0.2) is 204 Å². The molecule has 12 aromatic rings. The summed E-state index contributed by atoms with van der Waals surface area (Å²) in [4.78, 5) is 2.69. The molecular formula is C54H33S+. The van der Waals surface area contributed by atoms with Crippen molar-refractivity contribution in [2.24, 2.45) is 0 Å². The summed E-state index contributed by atoms with van der Waals surface area (Å²) in [5.41, 5.74) is 5.14. The third-order valence-electron chi connectivity index (χ3n) is 11.9. The Kier molecular flexibility index (Phi) is 6.66. The van der Waals surface area contributed by atoms with Gasteiger partial charge >= 0.3 is 0 Å². The maximum absolute atomic E-state index is 2.36. The Labute approximate surface area is 322 Å². The molecule has 0 aliphatic carbocycles. The summed E-state index contributed by atoms with van der Waals surface area (Å²) >= 11 is 1.20. The number of thiol groups is 1. The SMILES string of the molecule is c1ccc2cc(-c3c4ccccc4c(-c4c5ccccc5c([SH+]c5ccc6ccc7cccc8ccc5c6c78)c5ccccc45)c4ccccc34)ccc2c1. The van der Waals surface area contributed by atoms with Gasteiger partial charge in [0.15, 0.2) is 9.79 Å². The van der Waals surface area contributed by atoms with E-state index in [0.29, 0.717) is 0 Å². The van der Waals surface area contributed by atoms with Crippen molar-refractivity contribution in [3.63, 3.8) is 0 Å². The van der Waals surface area contributed by atoms with E-state index in [2.05, 4.69) is 194 Å². The summed E-state index contributed by atoms with van der Waals surface area (Å²) in [5, 5.41) is 20.8. The Hall–Kier alpha value is -6.67. The maximum Gasteiger partial charge on any atom is 0.173 e. The predicted molar refractivity (Wildman–Crippen MR) is 240 cm³/mol. The van der Waals surface area contributed by atoms with Crippen molar-refractivity contribution in [3.8, 4) is 22.3 Å². The zero-order valence-corrected chi connectivity index (χ0v) is 30.8. The van der Waals surface area contributed by atoms with Crippen molar-refractivity contribution in [1.82, 2.24) is 0 Å². The molecule has 0 atom stereocenters. The second-order valence-electron chi connectivity index (χ2n) is 14.8. The molecule has 1 heteroatoms. The Bertz CT molecular complexity index is 3390. The first-order valence-electron chi connectivity index (χ1n) is 19.0. The first kappa shape index (κ1) is 30.8. The minimum atomic E-state index is 1.20. The average molecular weight is 714 g/mol. The molecule has 0 aliphatic heterocycles. The predicted octanol–water partition coefficient (Wildman–Crippen LogP) is 14.9. The molecule has 0 nitrogen and oxygen atoms in total. The second-order valence-corrected chi connectivity index (χ2v) is 15.9. The largest absolute Gasteiger partial charge is 0.173 e. The fourth-order valence-electron chi connectivity index (χ4n) is 9.49. The fourth-order valence-corrected chi connectivity index (χ4v) is 10.8. The molecule has 254 valence electrons. The van der Waals surface area contributed by atoms with E-state index in [4.69, 9.17) is 0 Å². The van der Waals surface area contributed by atoms with Gasteiger partial charge in [-0.25, -0.2) is 0 Å². The topological polar surface area (TPSA) is 0 Å². The number of benzene rings is 12. The Morgan fingerprint density at radius 3 is 1.27 bits per heavy atom. The lowest BCUT2D eigenvalue weighted by atomic mass is 9.83. The van der Waals surface area contributed by atoms with Gasteiger partial charge < -0.3 is 0 Å². The Balaban J connectivity index is 1.15. The van der Waals surface area contributed by atoms with Crippen molar-refractivity contribution >= 4 is 97.9 Å². The van der Waals surface area contributed by atoms with Gasteiger partial charge in [0.25, 0.3) is 0 Å². The molecule has 0 aliphatic rings. The van der Waals surface area contributed by atoms with Crippen LogP contribution in [-0.4, -0.2) is 0 Å². The molecular weight excluding hydrogens is 681 g/mol. The van der Waals surface area contributed by atoms with E-state index in [0.717, 1.165) is 0 Å². The highest BCUT2D eigenvalue weighted by Crippen LogP contribution is 2.49. The van der Waals surface area contributed by atoms with Crippen LogP contribution < -0.4 is 0 Å². The zero-order valence-electron chi connectivity index (χ0n) is 29.9. The molecule has 0 amide bonds. The normalized spacial score (nSPS) is 12.1. The molecule has 0 bridgehead atoms.